The fourth-order valence-electron chi connectivity index (χ4n) is 1.58. The second-order valence-corrected chi connectivity index (χ2v) is 4.02. The van der Waals surface area contributed by atoms with Gasteiger partial charge in [-0.25, -0.2) is 9.97 Å². The molecule has 0 unspecified atom stereocenters. The van der Waals surface area contributed by atoms with Crippen LogP contribution in [-0.2, 0) is 13.6 Å². The molecule has 2 aromatic heterocycles. The lowest BCUT2D eigenvalue weighted by molar-refractivity contribution is 0.738. The first-order chi connectivity index (χ1) is 8.61. The maximum atomic E-state index is 8.98. The van der Waals surface area contributed by atoms with Crippen LogP contribution in [-0.4, -0.2) is 19.7 Å². The molecule has 0 aliphatic rings. The minimum atomic E-state index is 0.446. The van der Waals surface area contributed by atoms with Gasteiger partial charge in [0.1, 0.15) is 23.3 Å². The molecule has 2 aromatic rings. The summed E-state index contributed by atoms with van der Waals surface area (Å²) in [7, 11) is 1.90. The van der Waals surface area contributed by atoms with Gasteiger partial charge in [-0.1, -0.05) is 0 Å². The molecule has 18 heavy (non-hydrogen) atoms. The Morgan fingerprint density at radius 2 is 2.17 bits per heavy atom. The molecule has 0 fully saturated rings. The minimum Gasteiger partial charge on any atom is -0.365 e. The molecule has 6 nitrogen and oxygen atoms in total. The SMILES string of the molecule is Cc1ncc(C#N)c(NCc2cnn(C)c2C)n1. The zero-order valence-electron chi connectivity index (χ0n) is 10.6. The normalized spacial score (nSPS) is 10.1. The number of nitrogens with one attached hydrogen (secondary N) is 1. The maximum absolute atomic E-state index is 8.98. The highest BCUT2D eigenvalue weighted by atomic mass is 15.3. The van der Waals surface area contributed by atoms with Crippen molar-refractivity contribution in [1.82, 2.24) is 19.7 Å². The van der Waals surface area contributed by atoms with E-state index in [1.54, 1.807) is 6.92 Å². The van der Waals surface area contributed by atoms with Gasteiger partial charge in [-0.15, -0.1) is 0 Å². The Bertz CT molecular complexity index is 608. The second-order valence-electron chi connectivity index (χ2n) is 4.02. The van der Waals surface area contributed by atoms with Crippen LogP contribution in [0.2, 0.25) is 0 Å². The van der Waals surface area contributed by atoms with Gasteiger partial charge < -0.3 is 5.32 Å². The number of nitrogens with zero attached hydrogens (tertiary/aromatic N) is 5. The van der Waals surface area contributed by atoms with Crippen molar-refractivity contribution in [3.63, 3.8) is 0 Å². The van der Waals surface area contributed by atoms with Gasteiger partial charge in [0.05, 0.1) is 12.4 Å². The minimum absolute atomic E-state index is 0.446. The van der Waals surface area contributed by atoms with E-state index in [9.17, 15) is 0 Å². The average Bonchev–Trinajstić information content (AvgIpc) is 2.68. The Hall–Kier alpha value is -2.42. The molecule has 0 aliphatic heterocycles. The topological polar surface area (TPSA) is 79.4 Å². The fraction of sp³-hybridized carbons (Fsp3) is 0.333. The summed E-state index contributed by atoms with van der Waals surface area (Å²) in [6.45, 7) is 4.38. The van der Waals surface area contributed by atoms with E-state index < -0.39 is 0 Å². The van der Waals surface area contributed by atoms with Crippen molar-refractivity contribution in [2.75, 3.05) is 5.32 Å². The van der Waals surface area contributed by atoms with Crippen molar-refractivity contribution in [1.29, 1.82) is 5.26 Å². The smallest absolute Gasteiger partial charge is 0.147 e. The van der Waals surface area contributed by atoms with Crippen LogP contribution in [0, 0.1) is 25.2 Å². The zero-order chi connectivity index (χ0) is 13.1. The van der Waals surface area contributed by atoms with Gasteiger partial charge in [-0.2, -0.15) is 10.4 Å². The van der Waals surface area contributed by atoms with E-state index in [1.165, 1.54) is 6.20 Å². The maximum Gasteiger partial charge on any atom is 0.147 e. The van der Waals surface area contributed by atoms with Crippen LogP contribution >= 0.6 is 0 Å². The van der Waals surface area contributed by atoms with Gasteiger partial charge in [0.25, 0.3) is 0 Å². The molecule has 1 N–H and O–H groups in total. The van der Waals surface area contributed by atoms with Gasteiger partial charge in [0.15, 0.2) is 0 Å². The number of aryl methyl sites for hydroxylation is 2. The fourth-order valence-corrected chi connectivity index (χ4v) is 1.58. The van der Waals surface area contributed by atoms with Gasteiger partial charge in [0.2, 0.25) is 0 Å². The molecule has 0 atom stereocenters. The van der Waals surface area contributed by atoms with Gasteiger partial charge in [-0.3, -0.25) is 4.68 Å². The Morgan fingerprint density at radius 1 is 1.39 bits per heavy atom. The van der Waals surface area contributed by atoms with E-state index in [0.29, 0.717) is 23.8 Å². The highest BCUT2D eigenvalue weighted by molar-refractivity contribution is 5.50. The van der Waals surface area contributed by atoms with E-state index in [4.69, 9.17) is 5.26 Å². The summed E-state index contributed by atoms with van der Waals surface area (Å²) in [6.07, 6.45) is 3.34. The third kappa shape index (κ3) is 2.30. The molecule has 2 heterocycles. The molecule has 0 spiro atoms. The predicted octanol–water partition coefficient (Wildman–Crippen LogP) is 1.31. The Labute approximate surface area is 105 Å². The average molecular weight is 242 g/mol. The van der Waals surface area contributed by atoms with E-state index >= 15 is 0 Å². The zero-order valence-corrected chi connectivity index (χ0v) is 10.6. The summed E-state index contributed by atoms with van der Waals surface area (Å²) in [5.41, 5.74) is 2.62. The lowest BCUT2D eigenvalue weighted by atomic mass is 10.2. The standard InChI is InChI=1S/C12H14N6/c1-8-11(7-16-18(8)3)6-15-12-10(4-13)5-14-9(2)17-12/h5,7H,6H2,1-3H3,(H,14,15,17). The molecule has 0 saturated heterocycles. The number of hydrogen-bond donors (Lipinski definition) is 1. The quantitative estimate of drug-likeness (QED) is 0.877. The van der Waals surface area contributed by atoms with Crippen molar-refractivity contribution in [2.45, 2.75) is 20.4 Å². The number of anilines is 1. The predicted molar refractivity (Wildman–Crippen MR) is 66.8 cm³/mol. The third-order valence-corrected chi connectivity index (χ3v) is 2.81. The monoisotopic (exact) mass is 242 g/mol. The molecular weight excluding hydrogens is 228 g/mol. The summed E-state index contributed by atoms with van der Waals surface area (Å²) >= 11 is 0. The Balaban J connectivity index is 2.18. The number of hydrogen-bond acceptors (Lipinski definition) is 5. The second kappa shape index (κ2) is 4.84. The molecule has 0 amide bonds. The van der Waals surface area contributed by atoms with Crippen LogP contribution in [0.4, 0.5) is 5.82 Å². The molecule has 6 heteroatoms. The summed E-state index contributed by atoms with van der Waals surface area (Å²) < 4.78 is 1.81. The van der Waals surface area contributed by atoms with Crippen molar-refractivity contribution in [3.05, 3.63) is 35.0 Å². The summed E-state index contributed by atoms with van der Waals surface area (Å²) in [5.74, 6) is 1.20. The van der Waals surface area contributed by atoms with Crippen LogP contribution in [0.1, 0.15) is 22.6 Å². The molecule has 92 valence electrons. The largest absolute Gasteiger partial charge is 0.365 e. The first-order valence-electron chi connectivity index (χ1n) is 5.57. The van der Waals surface area contributed by atoms with Crippen LogP contribution < -0.4 is 5.32 Å². The number of aromatic nitrogens is 4. The Morgan fingerprint density at radius 3 is 2.78 bits per heavy atom. The lowest BCUT2D eigenvalue weighted by Crippen LogP contribution is -2.06. The van der Waals surface area contributed by atoms with Crippen molar-refractivity contribution in [3.8, 4) is 6.07 Å². The summed E-state index contributed by atoms with van der Waals surface area (Å²) in [4.78, 5) is 8.22. The first-order valence-corrected chi connectivity index (χ1v) is 5.57. The van der Waals surface area contributed by atoms with Gasteiger partial charge in [-0.05, 0) is 13.8 Å². The van der Waals surface area contributed by atoms with Crippen molar-refractivity contribution >= 4 is 5.82 Å². The summed E-state index contributed by atoms with van der Waals surface area (Å²) in [5, 5.41) is 16.3. The van der Waals surface area contributed by atoms with Crippen LogP contribution in [0.25, 0.3) is 0 Å². The van der Waals surface area contributed by atoms with Gasteiger partial charge >= 0.3 is 0 Å². The molecule has 0 bridgehead atoms. The van der Waals surface area contributed by atoms with Crippen LogP contribution in [0.3, 0.4) is 0 Å². The van der Waals surface area contributed by atoms with Crippen molar-refractivity contribution < 1.29 is 0 Å². The molecule has 0 radical (unpaired) electrons. The number of nitriles is 1. The van der Waals surface area contributed by atoms with E-state index in [2.05, 4.69) is 26.5 Å². The van der Waals surface area contributed by atoms with E-state index in [-0.39, 0.29) is 0 Å². The van der Waals surface area contributed by atoms with Crippen LogP contribution in [0.15, 0.2) is 12.4 Å². The van der Waals surface area contributed by atoms with Crippen LogP contribution in [0.5, 0.6) is 0 Å². The molecular formula is C12H14N6. The lowest BCUT2D eigenvalue weighted by Gasteiger charge is -2.07. The third-order valence-electron chi connectivity index (χ3n) is 2.81. The highest BCUT2D eigenvalue weighted by Crippen LogP contribution is 2.13. The Kier molecular flexibility index (Phi) is 3.24. The molecule has 0 aliphatic carbocycles. The summed E-state index contributed by atoms with van der Waals surface area (Å²) in [6, 6.07) is 2.07. The van der Waals surface area contributed by atoms with E-state index in [0.717, 1.165) is 11.3 Å². The highest BCUT2D eigenvalue weighted by Gasteiger charge is 2.07. The molecule has 0 aromatic carbocycles. The van der Waals surface area contributed by atoms with Crippen molar-refractivity contribution in [2.24, 2.45) is 7.05 Å². The van der Waals surface area contributed by atoms with E-state index in [1.807, 2.05) is 24.9 Å². The molecule has 0 saturated carbocycles. The number of rotatable bonds is 3. The molecule has 2 rings (SSSR count). The first kappa shape index (κ1) is 12.0. The van der Waals surface area contributed by atoms with Gasteiger partial charge in [0, 0.05) is 24.8 Å².